The summed E-state index contributed by atoms with van der Waals surface area (Å²) in [6.07, 6.45) is -0.0728. The number of benzene rings is 13. The number of hydrogen-bond donors (Lipinski definition) is 18. The highest BCUT2D eigenvalue weighted by molar-refractivity contribution is 7.86. The zero-order valence-electron chi connectivity index (χ0n) is 76.6. The molecule has 0 fully saturated rings. The Morgan fingerprint density at radius 1 is 0.471 bits per heavy atom. The van der Waals surface area contributed by atoms with Crippen LogP contribution in [0.25, 0.3) is 75.3 Å². The van der Waals surface area contributed by atoms with Crippen LogP contribution in [0, 0.1) is 27.7 Å². The van der Waals surface area contributed by atoms with Gasteiger partial charge in [-0.25, -0.2) is 0 Å². The Labute approximate surface area is 804 Å². The monoisotopic (exact) mass is 1970 g/mol. The predicted molar refractivity (Wildman–Crippen MR) is 556 cm³/mol. The molecule has 1 amide bonds. The van der Waals surface area contributed by atoms with Crippen molar-refractivity contribution in [3.05, 3.63) is 295 Å². The molecule has 1 aliphatic heterocycles. The van der Waals surface area contributed by atoms with Gasteiger partial charge in [0.25, 0.3) is 31.4 Å². The van der Waals surface area contributed by atoms with Crippen molar-refractivity contribution in [1.82, 2.24) is 23.9 Å². The minimum Gasteiger partial charge on any atom is -0.508 e. The van der Waals surface area contributed by atoms with Gasteiger partial charge in [0.05, 0.1) is 100 Å². The molecule has 0 bridgehead atoms. The number of hydrogen-bond acceptors (Lipinski definition) is 28. The molecule has 720 valence electrons. The molecule has 0 radical (unpaired) electrons. The molecule has 17 aromatic rings. The molecule has 28 N–H and O–H groups in total. The Kier molecular flexibility index (Phi) is 34.8. The van der Waals surface area contributed by atoms with Gasteiger partial charge >= 0.3 is 5.97 Å². The number of fused-ring (bicyclic) bond motifs is 8. The first kappa shape index (κ1) is 104. The molecule has 0 unspecified atom stereocenters. The number of H-pyrrole nitrogens is 2. The first-order valence-corrected chi connectivity index (χ1v) is 46.5. The number of rotatable bonds is 11. The number of carbonyl (C=O) groups is 2. The highest BCUT2D eigenvalue weighted by Crippen LogP contribution is 2.49. The summed E-state index contributed by atoms with van der Waals surface area (Å²) in [5.74, 6) is 0.0450. The molecule has 40 heteroatoms. The van der Waals surface area contributed by atoms with Crippen LogP contribution in [0.1, 0.15) is 62.9 Å². The third-order valence-corrected chi connectivity index (χ3v) is 25.0. The van der Waals surface area contributed by atoms with E-state index in [2.05, 4.69) is 92.6 Å². The third-order valence-electron chi connectivity index (χ3n) is 21.3. The Hall–Kier alpha value is -16.2. The van der Waals surface area contributed by atoms with E-state index in [1.54, 1.807) is 72.8 Å². The number of nitrogen functional groups attached to an aromatic ring is 10. The van der Waals surface area contributed by atoms with Gasteiger partial charge in [-0.05, 0) is 268 Å². The number of carboxylic acid groups (broad SMARTS) is 1. The van der Waals surface area contributed by atoms with Gasteiger partial charge in [-0.2, -0.15) is 16.8 Å². The number of anilines is 12. The number of carboxylic acids is 1. The van der Waals surface area contributed by atoms with Crippen LogP contribution in [0.2, 0.25) is 0 Å². The number of amides is 1. The fraction of sp³-hybridized carbons (Fsp3) is 0.143. The van der Waals surface area contributed by atoms with E-state index >= 15 is 0 Å². The number of aromatic nitrogens is 5. The lowest BCUT2D eigenvalue weighted by atomic mass is 9.95. The summed E-state index contributed by atoms with van der Waals surface area (Å²) >= 11 is 2.47. The van der Waals surface area contributed by atoms with Gasteiger partial charge in [-0.15, -0.1) is 10.2 Å². The molecular formula is C98H107N18O17PS4. The predicted octanol–water partition coefficient (Wildman–Crippen LogP) is 17.2. The van der Waals surface area contributed by atoms with Gasteiger partial charge in [0.1, 0.15) is 21.8 Å². The number of aromatic amines is 2. The summed E-state index contributed by atoms with van der Waals surface area (Å²) in [5.41, 5.74) is 77.3. The first-order valence-electron chi connectivity index (χ1n) is 42.1. The van der Waals surface area contributed by atoms with Crippen LogP contribution < -0.4 is 92.4 Å². The van der Waals surface area contributed by atoms with Gasteiger partial charge in [0, 0.05) is 83.2 Å². The van der Waals surface area contributed by atoms with E-state index in [4.69, 9.17) is 77.8 Å². The van der Waals surface area contributed by atoms with E-state index in [0.29, 0.717) is 111 Å². The zero-order valence-corrected chi connectivity index (χ0v) is 79.7. The maximum Gasteiger partial charge on any atom is 0.307 e. The minimum absolute atomic E-state index is 0. The molecule has 138 heavy (non-hydrogen) atoms. The number of nitrogens with zero attached hydrogens (tertiary/aromatic N) is 6. The van der Waals surface area contributed by atoms with Crippen LogP contribution in [-0.4, -0.2) is 90.5 Å². The van der Waals surface area contributed by atoms with E-state index in [9.17, 15) is 60.4 Å². The molecule has 35 nitrogen and oxygen atoms in total. The number of phenolic OH excluding ortho intramolecular Hbond substituents is 3. The van der Waals surface area contributed by atoms with Crippen LogP contribution in [0.3, 0.4) is 0 Å². The standard InChI is InChI=1S/C18H18N4O6S4.C16H20N2.C14H14N2.C14H11NO4.C12H14N4.C9H10O4.C8H7N3O2.C6H8N2.CH4.HOP/c1-3-21-13-7-5-11(31(23,24)25)9-15(13)29-17(21)19-20-18-22(4-2)14-8-6-12(32(26,27)28)10-16(14)30-18;1-9-5-13(6-10(2)15(9)17)14-7-11(3)16(18)12(4)8-14;1-2-16-13-6-4-3-5-11(13)12-9-10(15)7-8-14(12)16;1-8(16)15-11-4-2-9(17)6-13(11)19-14-7-10(18)3-5-12(14)15;13-9-3-1-7(5-11(9)15)8-2-4-10(14)12(16)6-8;1-13-8-4-6(5-9(11)12)2-3-7(8)10;9-5-3-1-2-4-6(5)8(13)11-10-7(4)12;7-5-3-1-2-4-6(5)8;;1-2/h5-10H,3-4H2,1-2H3,(H,23,24,25)(H,26,27,28);5-8H,17-18H2,1-4H3;3-9H,2,15H2,1H3;2-7,17-18H,1H3;1-6H,13-16H2;2-4,10H,5H2,1H3,(H,11,12);1-3H,9H2,(H,10,12)(H,11,13);1-4H,7-8H2;1H4;2H/b19-17-,20-18-;;;;;;;;;/i;;;;;;;;;2D. The van der Waals surface area contributed by atoms with Crippen molar-refractivity contribution in [3.63, 3.8) is 0 Å². The van der Waals surface area contributed by atoms with Crippen LogP contribution in [0.15, 0.2) is 266 Å². The minimum atomic E-state index is -4.32. The summed E-state index contributed by atoms with van der Waals surface area (Å²) in [6, 6.07) is 68.3. The van der Waals surface area contributed by atoms with E-state index in [0.717, 1.165) is 68.0 Å². The summed E-state index contributed by atoms with van der Waals surface area (Å²) < 4.78 is 96.4. The topological polar surface area (TPSA) is 628 Å². The molecule has 18 rings (SSSR count). The molecule has 5 heterocycles. The summed E-state index contributed by atoms with van der Waals surface area (Å²) in [7, 11) is -7.80. The number of nitrogens with one attached hydrogen (secondary N) is 2. The Morgan fingerprint density at radius 2 is 0.891 bits per heavy atom. The fourth-order valence-corrected chi connectivity index (χ4v) is 17.7. The number of aromatic hydroxyl groups is 3. The molecule has 0 saturated heterocycles. The number of methoxy groups -OCH3 is 1. The molecular weight excluding hydrogens is 1860 g/mol. The van der Waals surface area contributed by atoms with Crippen molar-refractivity contribution in [1.29, 1.82) is 1.28 Å². The lowest BCUT2D eigenvalue weighted by Crippen LogP contribution is -2.25. The maximum atomic E-state index is 11.8. The lowest BCUT2D eigenvalue weighted by molar-refractivity contribution is -0.136. The fourth-order valence-electron chi connectivity index (χ4n) is 14.4. The van der Waals surface area contributed by atoms with Crippen LogP contribution in [-0.2, 0) is 60.4 Å². The molecule has 0 atom stereocenters. The van der Waals surface area contributed by atoms with Crippen molar-refractivity contribution in [2.45, 2.75) is 98.7 Å². The highest BCUT2D eigenvalue weighted by atomic mass is 32.2. The van der Waals surface area contributed by atoms with E-state index in [1.165, 1.54) is 135 Å². The lowest BCUT2D eigenvalue weighted by Gasteiger charge is -2.30. The largest absolute Gasteiger partial charge is 0.508 e. The van der Waals surface area contributed by atoms with E-state index < -0.39 is 35.3 Å². The number of nitrogens with two attached hydrogens (primary N) is 10. The van der Waals surface area contributed by atoms with Crippen LogP contribution >= 0.6 is 31.7 Å². The van der Waals surface area contributed by atoms with Crippen LogP contribution in [0.5, 0.6) is 34.5 Å². The van der Waals surface area contributed by atoms with Gasteiger partial charge in [0.15, 0.2) is 23.0 Å². The summed E-state index contributed by atoms with van der Waals surface area (Å²) in [6.45, 7) is 17.7. The molecule has 0 aliphatic carbocycles. The average Bonchev–Trinajstić information content (AvgIpc) is 1.44. The van der Waals surface area contributed by atoms with Gasteiger partial charge in [0.2, 0.25) is 15.5 Å². The van der Waals surface area contributed by atoms with E-state index in [1.807, 2.05) is 93.1 Å². The zero-order chi connectivity index (χ0) is 101. The van der Waals surface area contributed by atoms with Crippen molar-refractivity contribution < 1.29 is 70.0 Å². The number of aliphatic carboxylic acids is 1. The Morgan fingerprint density at radius 3 is 1.31 bits per heavy atom. The number of para-hydroxylation sites is 3. The molecule has 13 aromatic carbocycles. The number of aryl methyl sites for hydroxylation is 7. The highest BCUT2D eigenvalue weighted by Gasteiger charge is 2.28. The summed E-state index contributed by atoms with van der Waals surface area (Å²) in [4.78, 5) is 46.8. The molecule has 0 saturated carbocycles. The number of phenols is 3. The van der Waals surface area contributed by atoms with Crippen LogP contribution in [0.4, 0.5) is 68.2 Å². The van der Waals surface area contributed by atoms with Crippen molar-refractivity contribution in [2.75, 3.05) is 69.3 Å². The number of thiazole rings is 2. The average molecular weight is 1970 g/mol. The summed E-state index contributed by atoms with van der Waals surface area (Å²) in [5, 5.41) is 52.9. The second kappa shape index (κ2) is 46.2. The number of ether oxygens (including phenoxy) is 2. The third kappa shape index (κ3) is 25.5. The van der Waals surface area contributed by atoms with Gasteiger partial charge in [-0.3, -0.25) is 47.9 Å². The quantitative estimate of drug-likeness (QED) is 0.0247. The second-order valence-electron chi connectivity index (χ2n) is 30.6. The van der Waals surface area contributed by atoms with Crippen molar-refractivity contribution in [2.24, 2.45) is 10.2 Å². The Bertz CT molecular complexity index is 7630. The molecule has 0 spiro atoms. The van der Waals surface area contributed by atoms with Gasteiger partial charge < -0.3 is 101 Å². The van der Waals surface area contributed by atoms with Gasteiger partial charge in [-0.1, -0.05) is 84.7 Å². The van der Waals surface area contributed by atoms with Crippen molar-refractivity contribution in [3.8, 4) is 56.8 Å². The molecule has 4 aromatic heterocycles. The van der Waals surface area contributed by atoms with Crippen molar-refractivity contribution >= 4 is 185 Å². The number of carbonyl (C=O) groups excluding carboxylic acids is 1. The Balaban J connectivity index is 0.000000181. The normalized spacial score (nSPS) is 11.4. The second-order valence-corrected chi connectivity index (χ2v) is 35.4. The van der Waals surface area contributed by atoms with E-state index in [-0.39, 0.29) is 63.3 Å². The smallest absolute Gasteiger partial charge is 0.307 e. The SMILES string of the molecule is C.CC(=O)N1c2ccc(O)cc2Oc2cc(O)ccc21.CCn1/c(=N/N=c2\sc3cc(S(=O)(=O)O)ccc3n2CC)sc2cc(S(=O)(=O)O)ccc21.CCn1c2ccccc2c2cc(N)ccc21.COc1cc(CC(=O)O)ccc1O.Cc1cc(-c2cc(C)c(N)c(C)c2)cc(C)c1N.Nc1ccc(-c2ccc(N)c(N)c2)cc1N.Nc1cccc2c(=O)[nH][nH]c(=O)c12.Nc1ccccc1N.[2H]P=O. The maximum absolute atomic E-state index is 11.8. The molecule has 1 aliphatic rings. The first-order chi connectivity index (χ1) is 65.4.